The molecule has 2 amide bonds. The van der Waals surface area contributed by atoms with Crippen LogP contribution in [0.4, 0.5) is 0 Å². The number of benzene rings is 3. The number of carbonyl (C=O) groups excluding carboxylic acids is 2. The number of sulfonamides is 1. The van der Waals surface area contributed by atoms with Gasteiger partial charge in [0, 0.05) is 16.8 Å². The summed E-state index contributed by atoms with van der Waals surface area (Å²) in [6, 6.07) is 21.5. The average molecular weight is 644 g/mol. The number of hydrogen-bond donors (Lipinski definition) is 1. The van der Waals surface area contributed by atoms with Crippen LogP contribution in [0.25, 0.3) is 0 Å². The maximum atomic E-state index is 14.1. The maximum Gasteiger partial charge on any atom is 0.267 e. The van der Waals surface area contributed by atoms with Crippen molar-refractivity contribution in [2.75, 3.05) is 6.79 Å². The molecule has 4 aromatic rings. The zero-order valence-electron chi connectivity index (χ0n) is 26.2. The minimum Gasteiger partial charge on any atom is -0.476 e. The Morgan fingerprint density at radius 2 is 1.67 bits per heavy atom. The Morgan fingerprint density at radius 3 is 2.35 bits per heavy atom. The first-order valence-corrected chi connectivity index (χ1v) is 16.5. The molecule has 0 saturated heterocycles. The third-order valence-electron chi connectivity index (χ3n) is 7.64. The van der Waals surface area contributed by atoms with E-state index in [9.17, 15) is 18.0 Å². The average Bonchev–Trinajstić information content (AvgIpc) is 3.51. The highest BCUT2D eigenvalue weighted by Crippen LogP contribution is 2.36. The first-order valence-electron chi connectivity index (χ1n) is 15.1. The molecule has 240 valence electrons. The molecule has 1 aliphatic heterocycles. The molecular formula is C35H37N3O7S. The highest BCUT2D eigenvalue weighted by Gasteiger charge is 2.32. The Bertz CT molecular complexity index is 1860. The number of primary amides is 1. The van der Waals surface area contributed by atoms with Gasteiger partial charge in [-0.15, -0.1) is 0 Å². The van der Waals surface area contributed by atoms with E-state index in [1.54, 1.807) is 67.6 Å². The molecule has 2 heterocycles. The third kappa shape index (κ3) is 6.99. The maximum absolute atomic E-state index is 14.1. The van der Waals surface area contributed by atoms with Crippen LogP contribution in [0.1, 0.15) is 77.7 Å². The van der Waals surface area contributed by atoms with Gasteiger partial charge in [0.05, 0.1) is 17.1 Å². The number of carbonyl (C=O) groups is 2. The van der Waals surface area contributed by atoms with Crippen LogP contribution in [-0.2, 0) is 27.8 Å². The second-order valence-corrected chi connectivity index (χ2v) is 13.3. The van der Waals surface area contributed by atoms with E-state index in [0.29, 0.717) is 52.6 Å². The quantitative estimate of drug-likeness (QED) is 0.204. The second kappa shape index (κ2) is 13.6. The molecule has 10 nitrogen and oxygen atoms in total. The molecule has 0 saturated carbocycles. The standard InChI is InChI=1S/C35H37N3O7S/c1-5-7-25-18-27(13-16-30(25)45-33(34(36)39)26-12-17-31-32(19-26)44-21-43-31)35(40)38(20-28-9-6-8-23(4)37-28)46(41,42)29-14-10-24(11-15-29)22(2)3/h6,8-19,22,33H,5,7,20-21H2,1-4H3,(H2,36,39). The summed E-state index contributed by atoms with van der Waals surface area (Å²) in [7, 11) is -4.28. The number of pyridine rings is 1. The molecule has 0 radical (unpaired) electrons. The van der Waals surface area contributed by atoms with E-state index in [4.69, 9.17) is 19.9 Å². The number of aromatic nitrogens is 1. The number of ether oxygens (including phenoxy) is 3. The second-order valence-electron chi connectivity index (χ2n) is 11.4. The van der Waals surface area contributed by atoms with Crippen molar-refractivity contribution in [1.29, 1.82) is 0 Å². The molecule has 0 fully saturated rings. The number of aryl methyl sites for hydroxylation is 2. The Morgan fingerprint density at radius 1 is 0.957 bits per heavy atom. The van der Waals surface area contributed by atoms with Gasteiger partial charge in [0.15, 0.2) is 11.5 Å². The van der Waals surface area contributed by atoms with Gasteiger partial charge < -0.3 is 19.9 Å². The molecule has 11 heteroatoms. The summed E-state index contributed by atoms with van der Waals surface area (Å²) in [5.74, 6) is 0.153. The van der Waals surface area contributed by atoms with Gasteiger partial charge in [-0.05, 0) is 85.0 Å². The lowest BCUT2D eigenvalue weighted by Crippen LogP contribution is -2.37. The fourth-order valence-electron chi connectivity index (χ4n) is 5.18. The first-order chi connectivity index (χ1) is 22.0. The van der Waals surface area contributed by atoms with Crippen molar-refractivity contribution >= 4 is 21.8 Å². The fraction of sp³-hybridized carbons (Fsp3) is 0.286. The van der Waals surface area contributed by atoms with Crippen molar-refractivity contribution in [3.8, 4) is 17.2 Å². The SMILES string of the molecule is CCCc1cc(C(=O)N(Cc2cccc(C)n2)S(=O)(=O)c2ccc(C(C)C)cc2)ccc1OC(C(N)=O)c1ccc2c(c1)OCO2. The van der Waals surface area contributed by atoms with Crippen molar-refractivity contribution in [1.82, 2.24) is 9.29 Å². The molecule has 1 aromatic heterocycles. The summed E-state index contributed by atoms with van der Waals surface area (Å²) in [6.07, 6.45) is 0.0348. The lowest BCUT2D eigenvalue weighted by Gasteiger charge is -2.24. The van der Waals surface area contributed by atoms with E-state index in [1.807, 2.05) is 20.8 Å². The van der Waals surface area contributed by atoms with Gasteiger partial charge in [-0.3, -0.25) is 14.6 Å². The van der Waals surface area contributed by atoms with Gasteiger partial charge in [0.1, 0.15) is 5.75 Å². The van der Waals surface area contributed by atoms with Crippen molar-refractivity contribution in [2.24, 2.45) is 5.73 Å². The van der Waals surface area contributed by atoms with Crippen LogP contribution in [0.5, 0.6) is 17.2 Å². The molecule has 3 aromatic carbocycles. The first kappa shape index (κ1) is 32.5. The van der Waals surface area contributed by atoms with E-state index in [1.165, 1.54) is 18.2 Å². The van der Waals surface area contributed by atoms with Gasteiger partial charge >= 0.3 is 0 Å². The number of hydrogen-bond acceptors (Lipinski definition) is 8. The van der Waals surface area contributed by atoms with Crippen LogP contribution in [0.15, 0.2) is 83.8 Å². The van der Waals surface area contributed by atoms with Crippen molar-refractivity contribution in [3.63, 3.8) is 0 Å². The molecule has 1 atom stereocenters. The van der Waals surface area contributed by atoms with Crippen LogP contribution in [0.2, 0.25) is 0 Å². The van der Waals surface area contributed by atoms with Gasteiger partial charge in [0.25, 0.3) is 21.8 Å². The number of fused-ring (bicyclic) bond motifs is 1. The number of amides is 2. The van der Waals surface area contributed by atoms with E-state index in [-0.39, 0.29) is 29.7 Å². The smallest absolute Gasteiger partial charge is 0.267 e. The number of nitrogens with two attached hydrogens (primary N) is 1. The summed E-state index contributed by atoms with van der Waals surface area (Å²) >= 11 is 0. The van der Waals surface area contributed by atoms with Crippen molar-refractivity contribution < 1.29 is 32.2 Å². The van der Waals surface area contributed by atoms with Gasteiger partial charge in [-0.25, -0.2) is 12.7 Å². The molecule has 46 heavy (non-hydrogen) atoms. The number of rotatable bonds is 12. The third-order valence-corrected chi connectivity index (χ3v) is 9.39. The lowest BCUT2D eigenvalue weighted by atomic mass is 10.0. The van der Waals surface area contributed by atoms with Crippen LogP contribution < -0.4 is 19.9 Å². The largest absolute Gasteiger partial charge is 0.476 e. The van der Waals surface area contributed by atoms with Gasteiger partial charge in [-0.1, -0.05) is 51.5 Å². The van der Waals surface area contributed by atoms with Crippen LogP contribution in [0, 0.1) is 6.92 Å². The highest BCUT2D eigenvalue weighted by atomic mass is 32.2. The van der Waals surface area contributed by atoms with Crippen molar-refractivity contribution in [3.05, 3.63) is 113 Å². The Balaban J connectivity index is 1.50. The van der Waals surface area contributed by atoms with E-state index in [0.717, 1.165) is 9.87 Å². The predicted molar refractivity (Wildman–Crippen MR) is 172 cm³/mol. The van der Waals surface area contributed by atoms with Gasteiger partial charge in [-0.2, -0.15) is 0 Å². The zero-order chi connectivity index (χ0) is 33.0. The zero-order valence-corrected chi connectivity index (χ0v) is 27.0. The normalized spacial score (nSPS) is 13.0. The van der Waals surface area contributed by atoms with Crippen LogP contribution in [-0.4, -0.2) is 36.3 Å². The Labute approximate surface area is 269 Å². The van der Waals surface area contributed by atoms with Crippen LogP contribution >= 0.6 is 0 Å². The molecule has 5 rings (SSSR count). The summed E-state index contributed by atoms with van der Waals surface area (Å²) in [5, 5.41) is 0. The molecule has 0 bridgehead atoms. The van der Waals surface area contributed by atoms with E-state index in [2.05, 4.69) is 4.98 Å². The van der Waals surface area contributed by atoms with Crippen LogP contribution in [0.3, 0.4) is 0 Å². The molecule has 1 unspecified atom stereocenters. The highest BCUT2D eigenvalue weighted by molar-refractivity contribution is 7.89. The Kier molecular flexibility index (Phi) is 9.62. The summed E-state index contributed by atoms with van der Waals surface area (Å²) in [5.41, 5.74) is 9.09. The summed E-state index contributed by atoms with van der Waals surface area (Å²) in [6.45, 7) is 7.61. The monoisotopic (exact) mass is 643 g/mol. The molecular weight excluding hydrogens is 606 g/mol. The molecule has 0 spiro atoms. The Hall–Kier alpha value is -4.90. The minimum absolute atomic E-state index is 0.000311. The van der Waals surface area contributed by atoms with E-state index >= 15 is 0 Å². The molecule has 0 aliphatic carbocycles. The summed E-state index contributed by atoms with van der Waals surface area (Å²) < 4.78 is 45.9. The fourth-order valence-corrected chi connectivity index (χ4v) is 6.54. The lowest BCUT2D eigenvalue weighted by molar-refractivity contribution is -0.125. The predicted octanol–water partition coefficient (Wildman–Crippen LogP) is 5.83. The minimum atomic E-state index is -4.28. The molecule has 1 aliphatic rings. The van der Waals surface area contributed by atoms with E-state index < -0.39 is 27.9 Å². The van der Waals surface area contributed by atoms with Crippen molar-refractivity contribution in [2.45, 2.75) is 64.0 Å². The molecule has 2 N–H and O–H groups in total. The summed E-state index contributed by atoms with van der Waals surface area (Å²) in [4.78, 5) is 31.1. The number of nitrogens with zero attached hydrogens (tertiary/aromatic N) is 2. The topological polar surface area (TPSA) is 138 Å². The van der Waals surface area contributed by atoms with Gasteiger partial charge in [0.2, 0.25) is 12.9 Å².